The second-order valence-corrected chi connectivity index (χ2v) is 6.23. The molecule has 7 heteroatoms. The molecule has 1 saturated heterocycles. The number of nitrogens with zero attached hydrogens (tertiary/aromatic N) is 2. The number of likely N-dealkylation sites (tertiary alicyclic amines) is 1. The van der Waals surface area contributed by atoms with Crippen LogP contribution >= 0.6 is 0 Å². The number of amides is 1. The SMILES string of the molecule is CCCCOCCCNc1ccc([N+](=O)[O-])c(C(=O)N2CCCC2)c1. The third kappa shape index (κ3) is 5.70. The highest BCUT2D eigenvalue weighted by atomic mass is 16.6. The molecule has 0 atom stereocenters. The van der Waals surface area contributed by atoms with Gasteiger partial charge in [-0.15, -0.1) is 0 Å². The van der Waals surface area contributed by atoms with Gasteiger partial charge in [0, 0.05) is 44.6 Å². The minimum absolute atomic E-state index is 0.134. The first-order valence-electron chi connectivity index (χ1n) is 9.02. The largest absolute Gasteiger partial charge is 0.385 e. The van der Waals surface area contributed by atoms with Crippen LogP contribution in [0.1, 0.15) is 49.4 Å². The number of rotatable bonds is 10. The summed E-state index contributed by atoms with van der Waals surface area (Å²) < 4.78 is 5.50. The average Bonchev–Trinajstić information content (AvgIpc) is 3.14. The van der Waals surface area contributed by atoms with Gasteiger partial charge in [-0.3, -0.25) is 14.9 Å². The average molecular weight is 349 g/mol. The number of ether oxygens (including phenoxy) is 1. The number of unbranched alkanes of at least 4 members (excludes halogenated alkanes) is 1. The molecule has 0 radical (unpaired) electrons. The third-order valence-electron chi connectivity index (χ3n) is 4.25. The normalized spacial score (nSPS) is 13.9. The quantitative estimate of drug-likeness (QED) is 0.397. The molecule has 138 valence electrons. The number of nitro groups is 1. The summed E-state index contributed by atoms with van der Waals surface area (Å²) in [5.41, 5.74) is 0.753. The number of nitrogens with one attached hydrogen (secondary N) is 1. The smallest absolute Gasteiger partial charge is 0.282 e. The topological polar surface area (TPSA) is 84.7 Å². The predicted octanol–water partition coefficient (Wildman–Crippen LogP) is 3.45. The highest BCUT2D eigenvalue weighted by molar-refractivity contribution is 5.99. The Morgan fingerprint density at radius 2 is 2.00 bits per heavy atom. The molecule has 1 aromatic rings. The lowest BCUT2D eigenvalue weighted by atomic mass is 10.1. The molecule has 0 spiro atoms. The Hall–Kier alpha value is -2.15. The summed E-state index contributed by atoms with van der Waals surface area (Å²) in [7, 11) is 0. The summed E-state index contributed by atoms with van der Waals surface area (Å²) in [6, 6.07) is 4.65. The Balaban J connectivity index is 1.94. The lowest BCUT2D eigenvalue weighted by molar-refractivity contribution is -0.385. The van der Waals surface area contributed by atoms with Gasteiger partial charge in [-0.05, 0) is 37.8 Å². The second-order valence-electron chi connectivity index (χ2n) is 6.23. The molecule has 1 aliphatic heterocycles. The molecule has 1 amide bonds. The highest BCUT2D eigenvalue weighted by Crippen LogP contribution is 2.25. The van der Waals surface area contributed by atoms with Crippen LogP contribution in [0.5, 0.6) is 0 Å². The molecule has 1 fully saturated rings. The molecule has 25 heavy (non-hydrogen) atoms. The van der Waals surface area contributed by atoms with Crippen LogP contribution in [-0.2, 0) is 4.74 Å². The molecular formula is C18H27N3O4. The van der Waals surface area contributed by atoms with Crippen molar-refractivity contribution in [1.29, 1.82) is 0 Å². The second kappa shape index (κ2) is 9.98. The van der Waals surface area contributed by atoms with Crippen molar-refractivity contribution in [3.05, 3.63) is 33.9 Å². The van der Waals surface area contributed by atoms with Gasteiger partial charge in [0.15, 0.2) is 0 Å². The lowest BCUT2D eigenvalue weighted by Crippen LogP contribution is -2.28. The zero-order valence-corrected chi connectivity index (χ0v) is 14.8. The van der Waals surface area contributed by atoms with Crippen LogP contribution in [0.2, 0.25) is 0 Å². The van der Waals surface area contributed by atoms with E-state index in [1.165, 1.54) is 6.07 Å². The lowest BCUT2D eigenvalue weighted by Gasteiger charge is -2.16. The van der Waals surface area contributed by atoms with Crippen LogP contribution in [0.15, 0.2) is 18.2 Å². The maximum Gasteiger partial charge on any atom is 0.282 e. The van der Waals surface area contributed by atoms with Crippen molar-refractivity contribution in [2.45, 2.75) is 39.0 Å². The molecule has 2 rings (SSSR count). The molecule has 1 aliphatic rings. The highest BCUT2D eigenvalue weighted by Gasteiger charge is 2.26. The number of hydrogen-bond donors (Lipinski definition) is 1. The van der Waals surface area contributed by atoms with E-state index in [0.717, 1.165) is 44.4 Å². The van der Waals surface area contributed by atoms with Crippen molar-refractivity contribution in [2.24, 2.45) is 0 Å². The van der Waals surface area contributed by atoms with Crippen molar-refractivity contribution >= 4 is 17.3 Å². The van der Waals surface area contributed by atoms with E-state index in [0.29, 0.717) is 26.2 Å². The van der Waals surface area contributed by atoms with E-state index < -0.39 is 4.92 Å². The van der Waals surface area contributed by atoms with Gasteiger partial charge in [0.05, 0.1) is 4.92 Å². The van der Waals surface area contributed by atoms with Crippen LogP contribution < -0.4 is 5.32 Å². The maximum absolute atomic E-state index is 12.6. The first kappa shape index (κ1) is 19.2. The number of benzene rings is 1. The van der Waals surface area contributed by atoms with Gasteiger partial charge in [-0.2, -0.15) is 0 Å². The summed E-state index contributed by atoms with van der Waals surface area (Å²) in [5.74, 6) is -0.254. The molecule has 7 nitrogen and oxygen atoms in total. The van der Waals surface area contributed by atoms with E-state index in [1.807, 2.05) is 0 Å². The summed E-state index contributed by atoms with van der Waals surface area (Å²) in [6.45, 7) is 5.62. The van der Waals surface area contributed by atoms with E-state index in [4.69, 9.17) is 4.74 Å². The first-order chi connectivity index (χ1) is 12.1. The molecule has 0 aliphatic carbocycles. The fourth-order valence-corrected chi connectivity index (χ4v) is 2.82. The van der Waals surface area contributed by atoms with Crippen molar-refractivity contribution in [3.63, 3.8) is 0 Å². The molecule has 0 saturated carbocycles. The Bertz CT molecular complexity index is 586. The standard InChI is InChI=1S/C18H27N3O4/c1-2-3-12-25-13-6-9-19-15-7-8-17(21(23)24)16(14-15)18(22)20-10-4-5-11-20/h7-8,14,19H,2-6,9-13H2,1H3. The van der Waals surface area contributed by atoms with Gasteiger partial charge < -0.3 is 15.0 Å². The Kier molecular flexibility index (Phi) is 7.66. The molecular weight excluding hydrogens is 322 g/mol. The van der Waals surface area contributed by atoms with Crippen LogP contribution in [0, 0.1) is 10.1 Å². The molecule has 1 aromatic carbocycles. The zero-order chi connectivity index (χ0) is 18.1. The van der Waals surface area contributed by atoms with E-state index in [-0.39, 0.29) is 17.2 Å². The summed E-state index contributed by atoms with van der Waals surface area (Å²) >= 11 is 0. The minimum atomic E-state index is -0.491. The predicted molar refractivity (Wildman–Crippen MR) is 97.1 cm³/mol. The first-order valence-corrected chi connectivity index (χ1v) is 9.02. The van der Waals surface area contributed by atoms with Gasteiger partial charge in [-0.25, -0.2) is 0 Å². The zero-order valence-electron chi connectivity index (χ0n) is 14.8. The van der Waals surface area contributed by atoms with Crippen LogP contribution in [0.4, 0.5) is 11.4 Å². The van der Waals surface area contributed by atoms with Crippen LogP contribution in [0.3, 0.4) is 0 Å². The van der Waals surface area contributed by atoms with E-state index in [9.17, 15) is 14.9 Å². The van der Waals surface area contributed by atoms with Gasteiger partial charge in [0.2, 0.25) is 0 Å². The minimum Gasteiger partial charge on any atom is -0.385 e. The number of anilines is 1. The van der Waals surface area contributed by atoms with Crippen molar-refractivity contribution in [1.82, 2.24) is 4.90 Å². The molecule has 0 aromatic heterocycles. The van der Waals surface area contributed by atoms with Gasteiger partial charge in [0.25, 0.3) is 11.6 Å². The van der Waals surface area contributed by atoms with Crippen molar-refractivity contribution in [2.75, 3.05) is 38.2 Å². The van der Waals surface area contributed by atoms with Gasteiger partial charge in [-0.1, -0.05) is 13.3 Å². The van der Waals surface area contributed by atoms with Crippen molar-refractivity contribution < 1.29 is 14.5 Å². The number of nitro benzene ring substituents is 1. The Labute approximate surface area is 148 Å². The van der Waals surface area contributed by atoms with E-state index in [2.05, 4.69) is 12.2 Å². The van der Waals surface area contributed by atoms with E-state index in [1.54, 1.807) is 17.0 Å². The van der Waals surface area contributed by atoms with Crippen LogP contribution in [-0.4, -0.2) is 48.6 Å². The number of hydrogen-bond acceptors (Lipinski definition) is 5. The molecule has 0 unspecified atom stereocenters. The third-order valence-corrected chi connectivity index (χ3v) is 4.25. The monoisotopic (exact) mass is 349 g/mol. The maximum atomic E-state index is 12.6. The Morgan fingerprint density at radius 1 is 1.28 bits per heavy atom. The van der Waals surface area contributed by atoms with Crippen molar-refractivity contribution in [3.8, 4) is 0 Å². The number of carbonyl (C=O) groups is 1. The van der Waals surface area contributed by atoms with Gasteiger partial charge >= 0.3 is 0 Å². The fourth-order valence-electron chi connectivity index (χ4n) is 2.82. The molecule has 1 heterocycles. The van der Waals surface area contributed by atoms with Gasteiger partial charge in [0.1, 0.15) is 5.56 Å². The fraction of sp³-hybridized carbons (Fsp3) is 0.611. The molecule has 0 bridgehead atoms. The van der Waals surface area contributed by atoms with Crippen LogP contribution in [0.25, 0.3) is 0 Å². The molecule has 1 N–H and O–H groups in total. The Morgan fingerprint density at radius 3 is 2.68 bits per heavy atom. The summed E-state index contributed by atoms with van der Waals surface area (Å²) in [5, 5.41) is 14.4. The van der Waals surface area contributed by atoms with E-state index >= 15 is 0 Å². The summed E-state index contributed by atoms with van der Waals surface area (Å²) in [6.07, 6.45) is 4.94. The summed E-state index contributed by atoms with van der Waals surface area (Å²) in [4.78, 5) is 25.0. The number of carbonyl (C=O) groups excluding carboxylic acids is 1.